The number of nitrogens with zero attached hydrogens (tertiary/aromatic N) is 2. The number of rotatable bonds is 9. The zero-order chi connectivity index (χ0) is 22.3. The van der Waals surface area contributed by atoms with E-state index in [2.05, 4.69) is 34.3 Å². The number of methoxy groups -OCH3 is 2. The predicted molar refractivity (Wildman–Crippen MR) is 126 cm³/mol. The molecule has 4 aromatic rings. The van der Waals surface area contributed by atoms with Crippen LogP contribution in [-0.2, 0) is 0 Å². The highest BCUT2D eigenvalue weighted by Crippen LogP contribution is 2.35. The van der Waals surface area contributed by atoms with E-state index in [9.17, 15) is 0 Å². The van der Waals surface area contributed by atoms with Gasteiger partial charge >= 0.3 is 0 Å². The summed E-state index contributed by atoms with van der Waals surface area (Å²) >= 11 is 0. The summed E-state index contributed by atoms with van der Waals surface area (Å²) in [7, 11) is 3.25. The lowest BCUT2D eigenvalue weighted by Crippen LogP contribution is -2.24. The minimum atomic E-state index is -0.107. The van der Waals surface area contributed by atoms with Crippen molar-refractivity contribution < 1.29 is 14.2 Å². The highest BCUT2D eigenvalue weighted by Gasteiger charge is 2.20. The van der Waals surface area contributed by atoms with Gasteiger partial charge in [-0.15, -0.1) is 0 Å². The number of benzene rings is 3. The van der Waals surface area contributed by atoms with Crippen molar-refractivity contribution in [1.29, 1.82) is 0 Å². The van der Waals surface area contributed by atoms with Crippen molar-refractivity contribution in [3.8, 4) is 23.0 Å². The first-order valence-corrected chi connectivity index (χ1v) is 10.7. The van der Waals surface area contributed by atoms with E-state index in [0.29, 0.717) is 11.5 Å². The molecule has 0 amide bonds. The van der Waals surface area contributed by atoms with Crippen LogP contribution in [0, 0.1) is 0 Å². The minimum absolute atomic E-state index is 0.107. The number of para-hydroxylation sites is 1. The van der Waals surface area contributed by atoms with Crippen molar-refractivity contribution in [1.82, 2.24) is 15.3 Å². The van der Waals surface area contributed by atoms with E-state index in [0.717, 1.165) is 46.6 Å². The van der Waals surface area contributed by atoms with E-state index in [1.165, 1.54) is 0 Å². The Morgan fingerprint density at radius 2 is 1.53 bits per heavy atom. The minimum Gasteiger partial charge on any atom is -0.493 e. The fourth-order valence-corrected chi connectivity index (χ4v) is 3.65. The molecule has 6 nitrogen and oxygen atoms in total. The third-order valence-corrected chi connectivity index (χ3v) is 5.24. The fourth-order valence-electron chi connectivity index (χ4n) is 3.65. The lowest BCUT2D eigenvalue weighted by molar-refractivity contribution is 0.355. The van der Waals surface area contributed by atoms with Gasteiger partial charge in [-0.2, -0.15) is 0 Å². The zero-order valence-corrected chi connectivity index (χ0v) is 18.5. The Bertz CT molecular complexity index is 1160. The summed E-state index contributed by atoms with van der Waals surface area (Å²) in [5.41, 5.74) is 2.79. The number of hydrogen-bond donors (Lipinski definition) is 1. The summed E-state index contributed by atoms with van der Waals surface area (Å²) in [6.45, 7) is 3.00. The van der Waals surface area contributed by atoms with E-state index in [4.69, 9.17) is 14.2 Å². The fraction of sp³-hybridized carbons (Fsp3) is 0.231. The maximum atomic E-state index is 5.95. The molecule has 0 aliphatic rings. The van der Waals surface area contributed by atoms with Gasteiger partial charge in [0.2, 0.25) is 0 Å². The van der Waals surface area contributed by atoms with Gasteiger partial charge in [0.25, 0.3) is 0 Å². The Balaban J connectivity index is 1.71. The number of aromatic nitrogens is 2. The third kappa shape index (κ3) is 4.65. The second-order valence-electron chi connectivity index (χ2n) is 7.35. The summed E-state index contributed by atoms with van der Waals surface area (Å²) < 4.78 is 16.9. The smallest absolute Gasteiger partial charge is 0.162 e. The molecule has 4 rings (SSSR count). The molecule has 0 fully saturated rings. The van der Waals surface area contributed by atoms with E-state index < -0.39 is 0 Å². The van der Waals surface area contributed by atoms with Crippen molar-refractivity contribution >= 4 is 10.9 Å². The quantitative estimate of drug-likeness (QED) is 0.377. The van der Waals surface area contributed by atoms with Crippen molar-refractivity contribution in [3.05, 3.63) is 84.3 Å². The Hall–Kier alpha value is -3.64. The molecule has 32 heavy (non-hydrogen) atoms. The van der Waals surface area contributed by atoms with Crippen LogP contribution in [0.3, 0.4) is 0 Å². The van der Waals surface area contributed by atoms with Gasteiger partial charge < -0.3 is 19.5 Å². The van der Waals surface area contributed by atoms with E-state index in [-0.39, 0.29) is 6.04 Å². The molecule has 0 unspecified atom stereocenters. The Morgan fingerprint density at radius 3 is 2.22 bits per heavy atom. The van der Waals surface area contributed by atoms with Crippen molar-refractivity contribution in [2.75, 3.05) is 20.8 Å². The Morgan fingerprint density at radius 1 is 0.844 bits per heavy atom. The second kappa shape index (κ2) is 10.1. The van der Waals surface area contributed by atoms with Gasteiger partial charge in [0, 0.05) is 11.5 Å². The van der Waals surface area contributed by atoms with Crippen LogP contribution in [-0.4, -0.2) is 30.7 Å². The predicted octanol–water partition coefficient (Wildman–Crippen LogP) is 5.53. The van der Waals surface area contributed by atoms with Crippen LogP contribution in [0.4, 0.5) is 0 Å². The maximum Gasteiger partial charge on any atom is 0.162 e. The highest BCUT2D eigenvalue weighted by molar-refractivity contribution is 5.85. The molecule has 1 aromatic heterocycles. The highest BCUT2D eigenvalue weighted by atomic mass is 16.5. The molecule has 0 saturated carbocycles. The molecular formula is C26H27N3O3. The van der Waals surface area contributed by atoms with Crippen molar-refractivity contribution in [2.45, 2.75) is 19.4 Å². The molecule has 1 atom stereocenters. The van der Waals surface area contributed by atoms with Crippen LogP contribution in [0.2, 0.25) is 0 Å². The average molecular weight is 430 g/mol. The molecule has 6 heteroatoms. The van der Waals surface area contributed by atoms with Crippen molar-refractivity contribution in [3.63, 3.8) is 0 Å². The summed E-state index contributed by atoms with van der Waals surface area (Å²) in [6.07, 6.45) is 2.60. The van der Waals surface area contributed by atoms with E-state index in [1.54, 1.807) is 20.5 Å². The molecule has 3 aromatic carbocycles. The molecule has 0 saturated heterocycles. The molecule has 1 heterocycles. The van der Waals surface area contributed by atoms with Gasteiger partial charge in [0.1, 0.15) is 17.8 Å². The van der Waals surface area contributed by atoms with Crippen LogP contribution in [0.15, 0.2) is 73.1 Å². The van der Waals surface area contributed by atoms with Gasteiger partial charge in [-0.1, -0.05) is 37.3 Å². The van der Waals surface area contributed by atoms with Gasteiger partial charge in [-0.05, 0) is 48.9 Å². The first-order valence-electron chi connectivity index (χ1n) is 10.7. The number of hydrogen-bond acceptors (Lipinski definition) is 6. The molecule has 0 bridgehead atoms. The Kier molecular flexibility index (Phi) is 6.82. The van der Waals surface area contributed by atoms with Crippen LogP contribution >= 0.6 is 0 Å². The molecule has 0 aliphatic heterocycles. The number of nitrogens with one attached hydrogen (secondary N) is 1. The summed E-state index contributed by atoms with van der Waals surface area (Å²) in [5, 5.41) is 4.55. The summed E-state index contributed by atoms with van der Waals surface area (Å²) in [4.78, 5) is 9.11. The molecule has 164 valence electrons. The largest absolute Gasteiger partial charge is 0.493 e. The van der Waals surface area contributed by atoms with Gasteiger partial charge in [-0.3, -0.25) is 0 Å². The molecular weight excluding hydrogens is 402 g/mol. The maximum absolute atomic E-state index is 5.95. The summed E-state index contributed by atoms with van der Waals surface area (Å²) in [6, 6.07) is 21.6. The SMILES string of the molecule is CCCN[C@H](c1ccc(Oc2ccccc2)cc1)c1ncnc2cc(OC)c(OC)cc12. The molecule has 0 aliphatic carbocycles. The van der Waals surface area contributed by atoms with Crippen molar-refractivity contribution in [2.24, 2.45) is 0 Å². The van der Waals surface area contributed by atoms with E-state index >= 15 is 0 Å². The van der Waals surface area contributed by atoms with Crippen LogP contribution < -0.4 is 19.5 Å². The molecule has 0 spiro atoms. The topological polar surface area (TPSA) is 65.5 Å². The second-order valence-corrected chi connectivity index (χ2v) is 7.35. The lowest BCUT2D eigenvalue weighted by atomic mass is 9.99. The zero-order valence-electron chi connectivity index (χ0n) is 18.5. The van der Waals surface area contributed by atoms with Gasteiger partial charge in [0.05, 0.1) is 31.5 Å². The first kappa shape index (κ1) is 21.6. The van der Waals surface area contributed by atoms with Gasteiger partial charge in [0.15, 0.2) is 11.5 Å². The van der Waals surface area contributed by atoms with Crippen LogP contribution in [0.25, 0.3) is 10.9 Å². The van der Waals surface area contributed by atoms with Crippen LogP contribution in [0.1, 0.15) is 30.6 Å². The molecule has 0 radical (unpaired) electrons. The number of ether oxygens (including phenoxy) is 3. The third-order valence-electron chi connectivity index (χ3n) is 5.24. The average Bonchev–Trinajstić information content (AvgIpc) is 2.85. The normalized spacial score (nSPS) is 11.8. The number of fused-ring (bicyclic) bond motifs is 1. The first-order chi connectivity index (χ1) is 15.7. The molecule has 1 N–H and O–H groups in total. The standard InChI is InChI=1S/C26H27N3O3/c1-4-14-27-25(18-10-12-20(13-11-18)32-19-8-6-5-7-9-19)26-21-15-23(30-2)24(31-3)16-22(21)28-17-29-26/h5-13,15-17,25,27H,4,14H2,1-3H3/t25-/m1/s1. The van der Waals surface area contributed by atoms with Crippen LogP contribution in [0.5, 0.6) is 23.0 Å². The van der Waals surface area contributed by atoms with E-state index in [1.807, 2.05) is 54.6 Å². The monoisotopic (exact) mass is 429 g/mol. The van der Waals surface area contributed by atoms with Gasteiger partial charge in [-0.25, -0.2) is 9.97 Å². The summed E-state index contributed by atoms with van der Waals surface area (Å²) in [5.74, 6) is 2.89. The Labute approximate surface area is 188 Å². The lowest BCUT2D eigenvalue weighted by Gasteiger charge is -2.21.